The first kappa shape index (κ1) is 27.6. The lowest BCUT2D eigenvalue weighted by Crippen LogP contribution is -2.38. The Labute approximate surface area is 225 Å². The fraction of sp³-hybridized carbons (Fsp3) is 0.414. The molecule has 0 saturated carbocycles. The standard InChI is InChI=1S/C29H35N3O5S/c1-19-16-20(2)26(21(3)17-19)38(34,35)37-27-23-12-14-32(28(33)36-29(4,5)6)15-13-24(23)30-25(31-27)18-22-10-8-7-9-11-22/h7-11,16-17H,12-15,18H2,1-6H3. The van der Waals surface area contributed by atoms with E-state index in [0.717, 1.165) is 11.1 Å². The highest BCUT2D eigenvalue weighted by Gasteiger charge is 2.30. The van der Waals surface area contributed by atoms with Crippen LogP contribution in [0.15, 0.2) is 47.4 Å². The van der Waals surface area contributed by atoms with Gasteiger partial charge < -0.3 is 13.8 Å². The van der Waals surface area contributed by atoms with Crippen molar-refractivity contribution >= 4 is 16.2 Å². The number of ether oxygens (including phenoxy) is 1. The van der Waals surface area contributed by atoms with Gasteiger partial charge in [0, 0.05) is 31.5 Å². The second kappa shape index (κ2) is 10.7. The van der Waals surface area contributed by atoms with Crippen molar-refractivity contribution in [2.45, 2.75) is 71.3 Å². The molecule has 1 aliphatic rings. The highest BCUT2D eigenvalue weighted by Crippen LogP contribution is 2.30. The predicted molar refractivity (Wildman–Crippen MR) is 145 cm³/mol. The molecule has 1 aliphatic heterocycles. The first-order valence-corrected chi connectivity index (χ1v) is 14.2. The van der Waals surface area contributed by atoms with Crippen LogP contribution in [0.5, 0.6) is 5.88 Å². The number of nitrogens with zero attached hydrogens (tertiary/aromatic N) is 3. The summed E-state index contributed by atoms with van der Waals surface area (Å²) in [7, 11) is -4.18. The van der Waals surface area contributed by atoms with E-state index in [1.165, 1.54) is 0 Å². The van der Waals surface area contributed by atoms with Crippen LogP contribution in [0.1, 0.15) is 60.1 Å². The molecule has 0 saturated heterocycles. The molecule has 9 heteroatoms. The minimum absolute atomic E-state index is 0.0198. The summed E-state index contributed by atoms with van der Waals surface area (Å²) in [6, 6.07) is 13.4. The van der Waals surface area contributed by atoms with Gasteiger partial charge in [-0.1, -0.05) is 48.0 Å². The molecule has 38 heavy (non-hydrogen) atoms. The van der Waals surface area contributed by atoms with Crippen LogP contribution < -0.4 is 4.18 Å². The lowest BCUT2D eigenvalue weighted by molar-refractivity contribution is 0.0258. The van der Waals surface area contributed by atoms with E-state index >= 15 is 0 Å². The molecule has 4 rings (SSSR count). The summed E-state index contributed by atoms with van der Waals surface area (Å²) >= 11 is 0. The normalized spacial score (nSPS) is 14.0. The van der Waals surface area contributed by atoms with Gasteiger partial charge in [0.25, 0.3) is 0 Å². The molecule has 0 spiro atoms. The zero-order valence-electron chi connectivity index (χ0n) is 22.9. The van der Waals surface area contributed by atoms with Crippen LogP contribution in [0.3, 0.4) is 0 Å². The first-order chi connectivity index (χ1) is 17.8. The molecule has 2 heterocycles. The number of aryl methyl sites for hydroxylation is 3. The van der Waals surface area contributed by atoms with Gasteiger partial charge >= 0.3 is 16.2 Å². The molecule has 0 bridgehead atoms. The average molecular weight is 538 g/mol. The number of carbonyl (C=O) groups is 1. The summed E-state index contributed by atoms with van der Waals surface area (Å²) in [5.74, 6) is 0.481. The quantitative estimate of drug-likeness (QED) is 0.418. The van der Waals surface area contributed by atoms with Gasteiger partial charge in [-0.15, -0.1) is 0 Å². The topological polar surface area (TPSA) is 98.7 Å². The number of hydrogen-bond donors (Lipinski definition) is 0. The van der Waals surface area contributed by atoms with E-state index in [1.807, 2.05) is 70.2 Å². The van der Waals surface area contributed by atoms with Crippen molar-refractivity contribution in [3.63, 3.8) is 0 Å². The Kier molecular flexibility index (Phi) is 7.78. The monoisotopic (exact) mass is 537 g/mol. The smallest absolute Gasteiger partial charge is 0.410 e. The zero-order chi connectivity index (χ0) is 27.7. The molecule has 8 nitrogen and oxygen atoms in total. The Morgan fingerprint density at radius 3 is 2.24 bits per heavy atom. The minimum Gasteiger partial charge on any atom is -0.444 e. The number of aromatic nitrogens is 2. The number of hydrogen-bond acceptors (Lipinski definition) is 7. The van der Waals surface area contributed by atoms with Crippen molar-refractivity contribution in [1.82, 2.24) is 14.9 Å². The molecule has 202 valence electrons. The SMILES string of the molecule is Cc1cc(C)c(S(=O)(=O)Oc2nc(Cc3ccccc3)nc3c2CCN(C(=O)OC(C)(C)C)CC3)c(C)c1. The number of carbonyl (C=O) groups excluding carboxylic acids is 1. The van der Waals surface area contributed by atoms with Gasteiger partial charge in [-0.25, -0.2) is 9.78 Å². The summed E-state index contributed by atoms with van der Waals surface area (Å²) in [5.41, 5.74) is 3.85. The van der Waals surface area contributed by atoms with Crippen molar-refractivity contribution in [3.8, 4) is 5.88 Å². The van der Waals surface area contributed by atoms with E-state index in [9.17, 15) is 13.2 Å². The highest BCUT2D eigenvalue weighted by atomic mass is 32.2. The van der Waals surface area contributed by atoms with E-state index in [2.05, 4.69) is 4.98 Å². The summed E-state index contributed by atoms with van der Waals surface area (Å²) in [6.07, 6.45) is 0.779. The van der Waals surface area contributed by atoms with Gasteiger partial charge in [0.05, 0.1) is 5.69 Å². The summed E-state index contributed by atoms with van der Waals surface area (Å²) in [4.78, 5) is 23.9. The fourth-order valence-corrected chi connectivity index (χ4v) is 6.09. The molecule has 3 aromatic rings. The van der Waals surface area contributed by atoms with Crippen LogP contribution in [-0.4, -0.2) is 48.1 Å². The second-order valence-corrected chi connectivity index (χ2v) is 12.2. The first-order valence-electron chi connectivity index (χ1n) is 12.8. The van der Waals surface area contributed by atoms with Crippen LogP contribution in [0.4, 0.5) is 4.79 Å². The predicted octanol–water partition coefficient (Wildman–Crippen LogP) is 5.10. The van der Waals surface area contributed by atoms with Crippen molar-refractivity contribution in [2.75, 3.05) is 13.1 Å². The number of fused-ring (bicyclic) bond motifs is 1. The van der Waals surface area contributed by atoms with Crippen LogP contribution in [0.2, 0.25) is 0 Å². The molecule has 1 aromatic heterocycles. The molecular formula is C29H35N3O5S. The third kappa shape index (κ3) is 6.51. The van der Waals surface area contributed by atoms with E-state index in [-0.39, 0.29) is 10.8 Å². The van der Waals surface area contributed by atoms with E-state index in [4.69, 9.17) is 13.9 Å². The molecule has 0 atom stereocenters. The Bertz CT molecular complexity index is 1420. The van der Waals surface area contributed by atoms with Crippen molar-refractivity contribution in [2.24, 2.45) is 0 Å². The van der Waals surface area contributed by atoms with Gasteiger partial charge in [-0.3, -0.25) is 0 Å². The molecular weight excluding hydrogens is 502 g/mol. The van der Waals surface area contributed by atoms with Crippen molar-refractivity contribution < 1.29 is 22.1 Å². The average Bonchev–Trinajstić information content (AvgIpc) is 3.00. The lowest BCUT2D eigenvalue weighted by atomic mass is 10.1. The molecule has 0 unspecified atom stereocenters. The maximum atomic E-state index is 13.6. The van der Waals surface area contributed by atoms with Gasteiger partial charge in [-0.05, 0) is 64.7 Å². The summed E-state index contributed by atoms with van der Waals surface area (Å²) in [6.45, 7) is 11.6. The highest BCUT2D eigenvalue weighted by molar-refractivity contribution is 7.87. The van der Waals surface area contributed by atoms with Gasteiger partial charge in [0.15, 0.2) is 0 Å². The third-order valence-electron chi connectivity index (χ3n) is 6.25. The molecule has 0 fully saturated rings. The van der Waals surface area contributed by atoms with Gasteiger partial charge in [0.1, 0.15) is 16.3 Å². The number of rotatable bonds is 5. The maximum Gasteiger partial charge on any atom is 0.410 e. The maximum absolute atomic E-state index is 13.6. The molecule has 0 aliphatic carbocycles. The minimum atomic E-state index is -4.18. The molecule has 1 amide bonds. The Morgan fingerprint density at radius 1 is 0.974 bits per heavy atom. The van der Waals surface area contributed by atoms with E-state index in [0.29, 0.717) is 60.6 Å². The van der Waals surface area contributed by atoms with Crippen LogP contribution in [0, 0.1) is 20.8 Å². The van der Waals surface area contributed by atoms with E-state index in [1.54, 1.807) is 18.7 Å². The van der Waals surface area contributed by atoms with Gasteiger partial charge in [0.2, 0.25) is 5.88 Å². The molecule has 0 radical (unpaired) electrons. The lowest BCUT2D eigenvalue weighted by Gasteiger charge is -2.26. The fourth-order valence-electron chi connectivity index (χ4n) is 4.76. The third-order valence-corrected chi connectivity index (χ3v) is 7.77. The van der Waals surface area contributed by atoms with Crippen molar-refractivity contribution in [1.29, 1.82) is 0 Å². The Balaban J connectivity index is 1.72. The number of amides is 1. The Morgan fingerprint density at radius 2 is 1.61 bits per heavy atom. The van der Waals surface area contributed by atoms with E-state index < -0.39 is 21.8 Å². The van der Waals surface area contributed by atoms with Crippen LogP contribution in [-0.2, 0) is 34.1 Å². The van der Waals surface area contributed by atoms with Crippen LogP contribution >= 0.6 is 0 Å². The molecule has 2 aromatic carbocycles. The van der Waals surface area contributed by atoms with Gasteiger partial charge in [-0.2, -0.15) is 13.4 Å². The largest absolute Gasteiger partial charge is 0.444 e. The van der Waals surface area contributed by atoms with Crippen molar-refractivity contribution in [3.05, 3.63) is 81.8 Å². The number of benzene rings is 2. The zero-order valence-corrected chi connectivity index (χ0v) is 23.7. The Hall–Kier alpha value is -3.46. The second-order valence-electron chi connectivity index (χ2n) is 10.8. The molecule has 0 N–H and O–H groups in total. The summed E-state index contributed by atoms with van der Waals surface area (Å²) in [5, 5.41) is 0. The van der Waals surface area contributed by atoms with Crippen LogP contribution in [0.25, 0.3) is 0 Å². The summed E-state index contributed by atoms with van der Waals surface area (Å²) < 4.78 is 38.5.